The summed E-state index contributed by atoms with van der Waals surface area (Å²) in [5.41, 5.74) is 4.84. The lowest BCUT2D eigenvalue weighted by atomic mass is 9.96. The minimum absolute atomic E-state index is 0.133. The number of carbonyl (C=O) groups is 1. The number of carbonyl (C=O) groups excluding carboxylic acids is 1. The number of nitrogens with one attached hydrogen (secondary N) is 1. The number of ether oxygens (including phenoxy) is 1. The number of hydrogen-bond donors (Lipinski definition) is 3. The van der Waals surface area contributed by atoms with Crippen molar-refractivity contribution < 1.29 is 19.7 Å². The van der Waals surface area contributed by atoms with Gasteiger partial charge in [-0.15, -0.1) is 0 Å². The molecule has 3 rings (SSSR count). The molecule has 0 radical (unpaired) electrons. The molecular weight excluding hydrogens is 418 g/mol. The number of aryl methyl sites for hydroxylation is 2. The second kappa shape index (κ2) is 10.7. The lowest BCUT2D eigenvalue weighted by molar-refractivity contribution is 0.0536. The number of hydrogen-bond acceptors (Lipinski definition) is 6. The van der Waals surface area contributed by atoms with E-state index in [0.29, 0.717) is 28.0 Å². The predicted octanol–water partition coefficient (Wildman–Crippen LogP) is 3.46. The molecule has 1 heterocycles. The quantitative estimate of drug-likeness (QED) is 0.489. The first-order valence-corrected chi connectivity index (χ1v) is 10.6. The Morgan fingerprint density at radius 3 is 2.64 bits per heavy atom. The summed E-state index contributed by atoms with van der Waals surface area (Å²) in [5, 5.41) is 31.3. The molecule has 3 aromatic rings. The Morgan fingerprint density at radius 2 is 1.97 bits per heavy atom. The van der Waals surface area contributed by atoms with Crippen LogP contribution in [0, 0.1) is 25.2 Å². The van der Waals surface area contributed by atoms with Crippen LogP contribution in [0.15, 0.2) is 54.7 Å². The maximum Gasteiger partial charge on any atom is 0.251 e. The third-order valence-corrected chi connectivity index (χ3v) is 5.21. The summed E-state index contributed by atoms with van der Waals surface area (Å²) >= 11 is 0. The Morgan fingerprint density at radius 1 is 1.18 bits per heavy atom. The van der Waals surface area contributed by atoms with Gasteiger partial charge in [0.05, 0.1) is 24.3 Å². The lowest BCUT2D eigenvalue weighted by Crippen LogP contribution is -2.27. The molecule has 0 aliphatic carbocycles. The van der Waals surface area contributed by atoms with E-state index in [0.717, 1.165) is 16.8 Å². The zero-order valence-corrected chi connectivity index (χ0v) is 18.9. The Labute approximate surface area is 193 Å². The molecule has 0 aliphatic heterocycles. The minimum atomic E-state index is -1.05. The summed E-state index contributed by atoms with van der Waals surface area (Å²) in [4.78, 5) is 17.4. The monoisotopic (exact) mass is 445 g/mol. The SMILES string of the molecule is Cc1ccc(-c2cc(OCC(O)CO)cc(C(=O)N[C@H](C)c3ccc(C)nc3)c2)c(C#N)c1. The van der Waals surface area contributed by atoms with Gasteiger partial charge in [-0.05, 0) is 73.4 Å². The van der Waals surface area contributed by atoms with Crippen molar-refractivity contribution in [2.24, 2.45) is 0 Å². The second-order valence-corrected chi connectivity index (χ2v) is 7.98. The average Bonchev–Trinajstić information content (AvgIpc) is 2.82. The van der Waals surface area contributed by atoms with Crippen molar-refractivity contribution in [1.29, 1.82) is 5.26 Å². The first-order chi connectivity index (χ1) is 15.8. The van der Waals surface area contributed by atoms with E-state index in [2.05, 4.69) is 16.4 Å². The fourth-order valence-electron chi connectivity index (χ4n) is 3.32. The summed E-state index contributed by atoms with van der Waals surface area (Å²) < 4.78 is 5.63. The van der Waals surface area contributed by atoms with Crippen molar-refractivity contribution in [3.63, 3.8) is 0 Å². The van der Waals surface area contributed by atoms with Crippen LogP contribution in [0.1, 0.15) is 45.7 Å². The normalized spacial score (nSPS) is 12.5. The van der Waals surface area contributed by atoms with Crippen molar-refractivity contribution >= 4 is 5.91 Å². The smallest absolute Gasteiger partial charge is 0.251 e. The van der Waals surface area contributed by atoms with Gasteiger partial charge in [-0.3, -0.25) is 9.78 Å². The first kappa shape index (κ1) is 23.9. The second-order valence-electron chi connectivity index (χ2n) is 7.98. The molecule has 170 valence electrons. The zero-order chi connectivity index (χ0) is 24.0. The number of aliphatic hydroxyl groups excluding tert-OH is 2. The van der Waals surface area contributed by atoms with Gasteiger partial charge in [0.1, 0.15) is 18.5 Å². The third kappa shape index (κ3) is 6.16. The van der Waals surface area contributed by atoms with Crippen molar-refractivity contribution in [3.8, 4) is 22.9 Å². The summed E-state index contributed by atoms with van der Waals surface area (Å²) in [6, 6.07) is 16.2. The van der Waals surface area contributed by atoms with Gasteiger partial charge in [0, 0.05) is 17.5 Å². The summed E-state index contributed by atoms with van der Waals surface area (Å²) in [7, 11) is 0. The van der Waals surface area contributed by atoms with Gasteiger partial charge in [-0.25, -0.2) is 0 Å². The number of nitrogens with zero attached hydrogens (tertiary/aromatic N) is 2. The molecule has 3 N–H and O–H groups in total. The number of pyridine rings is 1. The van der Waals surface area contributed by atoms with Gasteiger partial charge in [-0.2, -0.15) is 5.26 Å². The molecule has 0 saturated heterocycles. The van der Waals surface area contributed by atoms with Gasteiger partial charge < -0.3 is 20.3 Å². The van der Waals surface area contributed by atoms with Gasteiger partial charge in [0.25, 0.3) is 5.91 Å². The van der Waals surface area contributed by atoms with Gasteiger partial charge in [-0.1, -0.05) is 18.2 Å². The van der Waals surface area contributed by atoms with Crippen molar-refractivity contribution in [2.45, 2.75) is 32.9 Å². The molecule has 0 bridgehead atoms. The number of aliphatic hydroxyl groups is 2. The van der Waals surface area contributed by atoms with Crippen LogP contribution in [-0.4, -0.2) is 40.4 Å². The summed E-state index contributed by atoms with van der Waals surface area (Å²) in [5.74, 6) is 0.0300. The first-order valence-electron chi connectivity index (χ1n) is 10.6. The topological polar surface area (TPSA) is 115 Å². The molecular formula is C26H27N3O4. The van der Waals surface area contributed by atoms with E-state index in [-0.39, 0.29) is 18.6 Å². The fourth-order valence-corrected chi connectivity index (χ4v) is 3.32. The molecule has 0 saturated carbocycles. The molecule has 1 aromatic heterocycles. The van der Waals surface area contributed by atoms with Gasteiger partial charge in [0.2, 0.25) is 0 Å². The Kier molecular flexibility index (Phi) is 7.78. The number of amides is 1. The van der Waals surface area contributed by atoms with Gasteiger partial charge >= 0.3 is 0 Å². The van der Waals surface area contributed by atoms with E-state index < -0.39 is 12.7 Å². The number of benzene rings is 2. The van der Waals surface area contributed by atoms with Crippen molar-refractivity contribution in [3.05, 3.63) is 82.7 Å². The van der Waals surface area contributed by atoms with Crippen molar-refractivity contribution in [1.82, 2.24) is 10.3 Å². The average molecular weight is 446 g/mol. The maximum absolute atomic E-state index is 13.1. The van der Waals surface area contributed by atoms with E-state index >= 15 is 0 Å². The molecule has 1 unspecified atom stereocenters. The van der Waals surface area contributed by atoms with E-state index in [1.54, 1.807) is 30.5 Å². The maximum atomic E-state index is 13.1. The Bertz CT molecular complexity index is 1170. The number of nitriles is 1. The highest BCUT2D eigenvalue weighted by atomic mass is 16.5. The highest BCUT2D eigenvalue weighted by Gasteiger charge is 2.16. The van der Waals surface area contributed by atoms with Gasteiger partial charge in [0.15, 0.2) is 0 Å². The van der Waals surface area contributed by atoms with Crippen LogP contribution >= 0.6 is 0 Å². The van der Waals surface area contributed by atoms with Crippen LogP contribution in [-0.2, 0) is 0 Å². The number of aromatic nitrogens is 1. The highest BCUT2D eigenvalue weighted by Crippen LogP contribution is 2.30. The van der Waals surface area contributed by atoms with Crippen LogP contribution in [0.5, 0.6) is 5.75 Å². The highest BCUT2D eigenvalue weighted by molar-refractivity contribution is 5.96. The molecule has 2 atom stereocenters. The molecule has 2 aromatic carbocycles. The largest absolute Gasteiger partial charge is 0.491 e. The molecule has 1 amide bonds. The van der Waals surface area contributed by atoms with Crippen LogP contribution < -0.4 is 10.1 Å². The van der Waals surface area contributed by atoms with E-state index in [4.69, 9.17) is 9.84 Å². The van der Waals surface area contributed by atoms with Crippen LogP contribution in [0.25, 0.3) is 11.1 Å². The molecule has 0 aliphatic rings. The van der Waals surface area contributed by atoms with Crippen molar-refractivity contribution in [2.75, 3.05) is 13.2 Å². The van der Waals surface area contributed by atoms with Crippen LogP contribution in [0.4, 0.5) is 0 Å². The van der Waals surface area contributed by atoms with Crippen LogP contribution in [0.3, 0.4) is 0 Å². The number of rotatable bonds is 8. The third-order valence-electron chi connectivity index (χ3n) is 5.21. The molecule has 7 nitrogen and oxygen atoms in total. The zero-order valence-electron chi connectivity index (χ0n) is 18.9. The standard InChI is InChI=1S/C26H27N3O4/c1-16-4-7-25(22(8-16)12-27)20-9-21(11-24(10-20)33-15-23(31)14-30)26(32)29-18(3)19-6-5-17(2)28-13-19/h4-11,13,18,23,30-31H,14-15H2,1-3H3,(H,29,32)/t18-,23?/m1/s1. The van der Waals surface area contributed by atoms with E-state index in [1.807, 2.05) is 45.0 Å². The summed E-state index contributed by atoms with van der Waals surface area (Å²) in [6.07, 6.45) is 0.682. The fraction of sp³-hybridized carbons (Fsp3) is 0.269. The predicted molar refractivity (Wildman–Crippen MR) is 125 cm³/mol. The summed E-state index contributed by atoms with van der Waals surface area (Å²) in [6.45, 7) is 5.10. The molecule has 0 fully saturated rings. The lowest BCUT2D eigenvalue weighted by Gasteiger charge is -2.17. The van der Waals surface area contributed by atoms with E-state index in [1.165, 1.54) is 0 Å². The van der Waals surface area contributed by atoms with E-state index in [9.17, 15) is 15.2 Å². The Hall–Kier alpha value is -3.73. The molecule has 33 heavy (non-hydrogen) atoms. The Balaban J connectivity index is 1.95. The van der Waals surface area contributed by atoms with Crippen LogP contribution in [0.2, 0.25) is 0 Å². The molecule has 0 spiro atoms. The minimum Gasteiger partial charge on any atom is -0.491 e. The molecule has 7 heteroatoms.